The molecule has 0 bridgehead atoms. The van der Waals surface area contributed by atoms with E-state index in [1.54, 1.807) is 34.5 Å². The van der Waals surface area contributed by atoms with E-state index >= 15 is 0 Å². The van der Waals surface area contributed by atoms with Crippen LogP contribution in [0.3, 0.4) is 0 Å². The number of carbonyl (C=O) groups is 2. The predicted molar refractivity (Wildman–Crippen MR) is 91.1 cm³/mol. The summed E-state index contributed by atoms with van der Waals surface area (Å²) >= 11 is 1.27. The van der Waals surface area contributed by atoms with Gasteiger partial charge in [-0.15, -0.1) is 0 Å². The monoisotopic (exact) mass is 374 g/mol. The Hall–Kier alpha value is -3.14. The third-order valence-electron chi connectivity index (χ3n) is 3.90. The van der Waals surface area contributed by atoms with E-state index < -0.39 is 11.9 Å². The van der Waals surface area contributed by atoms with Crippen LogP contribution in [0.15, 0.2) is 29.5 Å². The highest BCUT2D eigenvalue weighted by molar-refractivity contribution is 7.16. The van der Waals surface area contributed by atoms with Crippen molar-refractivity contribution in [3.05, 3.63) is 35.2 Å². The average molecular weight is 374 g/mol. The molecule has 1 aliphatic rings. The van der Waals surface area contributed by atoms with Gasteiger partial charge in [0.15, 0.2) is 16.3 Å². The minimum absolute atomic E-state index is 0.0805. The fourth-order valence-electron chi connectivity index (χ4n) is 2.60. The number of thiazole rings is 1. The van der Waals surface area contributed by atoms with Gasteiger partial charge in [-0.3, -0.25) is 9.59 Å². The largest absolute Gasteiger partial charge is 0.468 e. The molecule has 0 N–H and O–H groups in total. The number of amides is 1. The highest BCUT2D eigenvalue weighted by atomic mass is 32.1. The van der Waals surface area contributed by atoms with E-state index in [1.165, 1.54) is 24.6 Å². The Bertz CT molecular complexity index is 1090. The van der Waals surface area contributed by atoms with E-state index in [0.717, 1.165) is 4.70 Å². The number of benzene rings is 1. The molecule has 4 rings (SSSR count). The Balaban J connectivity index is 1.88. The molecule has 1 aliphatic heterocycles. The molecule has 0 atom stereocenters. The summed E-state index contributed by atoms with van der Waals surface area (Å²) in [6, 6.07) is 3.57. The van der Waals surface area contributed by atoms with Gasteiger partial charge in [0, 0.05) is 31.6 Å². The smallest absolute Gasteiger partial charge is 0.325 e. The number of hydrogen-bond acceptors (Lipinski definition) is 7. The molecule has 10 heteroatoms. The van der Waals surface area contributed by atoms with Crippen LogP contribution in [0.4, 0.5) is 0 Å². The fraction of sp³-hybridized carbons (Fsp3) is 0.250. The zero-order valence-electron chi connectivity index (χ0n) is 14.0. The zero-order valence-corrected chi connectivity index (χ0v) is 14.8. The van der Waals surface area contributed by atoms with Crippen molar-refractivity contribution < 1.29 is 23.8 Å². The van der Waals surface area contributed by atoms with Gasteiger partial charge in [-0.1, -0.05) is 11.3 Å². The van der Waals surface area contributed by atoms with Crippen LogP contribution in [0, 0.1) is 0 Å². The molecule has 0 aliphatic carbocycles. The molecular formula is C16H14N4O5S. The Morgan fingerprint density at radius 1 is 1.35 bits per heavy atom. The summed E-state index contributed by atoms with van der Waals surface area (Å²) in [5, 5.41) is 0. The number of fused-ring (bicyclic) bond motifs is 2. The van der Waals surface area contributed by atoms with Crippen molar-refractivity contribution in [3.8, 4) is 11.5 Å². The lowest BCUT2D eigenvalue weighted by Gasteiger charge is -2.04. The number of esters is 1. The summed E-state index contributed by atoms with van der Waals surface area (Å²) in [4.78, 5) is 32.8. The van der Waals surface area contributed by atoms with Gasteiger partial charge in [-0.25, -0.2) is 4.98 Å². The van der Waals surface area contributed by atoms with Crippen molar-refractivity contribution in [1.29, 1.82) is 0 Å². The highest BCUT2D eigenvalue weighted by Crippen LogP contribution is 2.36. The number of hydrogen-bond donors (Lipinski definition) is 0. The first kappa shape index (κ1) is 16.3. The topological polar surface area (TPSA) is 96.9 Å². The summed E-state index contributed by atoms with van der Waals surface area (Å²) in [5.74, 6) is 0.457. The minimum atomic E-state index is -0.497. The molecule has 3 heterocycles. The van der Waals surface area contributed by atoms with Gasteiger partial charge >= 0.3 is 11.9 Å². The summed E-state index contributed by atoms with van der Waals surface area (Å²) in [6.07, 6.45) is 3.19. The number of aromatic nitrogens is 3. The standard InChI is InChI=1S/C16H14N4O5S/c1-19-4-3-17-14(19)15(22)18-16-20(7-13(21)23-2)9-5-10-11(25-8-24-10)6-12(9)26-16/h3-6H,7-8H2,1-2H3. The lowest BCUT2D eigenvalue weighted by atomic mass is 10.3. The van der Waals surface area contributed by atoms with E-state index in [-0.39, 0.29) is 19.2 Å². The first-order chi connectivity index (χ1) is 12.6. The zero-order chi connectivity index (χ0) is 18.3. The molecule has 0 saturated carbocycles. The van der Waals surface area contributed by atoms with Gasteiger partial charge in [-0.05, 0) is 0 Å². The van der Waals surface area contributed by atoms with Crippen LogP contribution in [0.1, 0.15) is 10.6 Å². The van der Waals surface area contributed by atoms with Gasteiger partial charge in [0.2, 0.25) is 12.6 Å². The van der Waals surface area contributed by atoms with Gasteiger partial charge in [0.05, 0.1) is 17.3 Å². The Morgan fingerprint density at radius 2 is 2.12 bits per heavy atom. The number of methoxy groups -OCH3 is 1. The average Bonchev–Trinajstić information content (AvgIpc) is 3.32. The number of carbonyl (C=O) groups excluding carboxylic acids is 2. The Kier molecular flexibility index (Phi) is 3.96. The summed E-state index contributed by atoms with van der Waals surface area (Å²) in [5.41, 5.74) is 0.705. The fourth-order valence-corrected chi connectivity index (χ4v) is 3.64. The normalized spacial score (nSPS) is 13.4. The molecule has 0 spiro atoms. The molecule has 0 radical (unpaired) electrons. The number of ether oxygens (including phenoxy) is 3. The number of imidazole rings is 1. The molecule has 134 valence electrons. The lowest BCUT2D eigenvalue weighted by Crippen LogP contribution is -2.23. The van der Waals surface area contributed by atoms with Crippen molar-refractivity contribution in [3.63, 3.8) is 0 Å². The maximum absolute atomic E-state index is 12.5. The van der Waals surface area contributed by atoms with Crippen LogP contribution in [-0.2, 0) is 23.1 Å². The molecular weight excluding hydrogens is 360 g/mol. The Morgan fingerprint density at radius 3 is 2.81 bits per heavy atom. The summed E-state index contributed by atoms with van der Waals surface area (Å²) in [6.45, 7) is 0.0707. The maximum atomic E-state index is 12.5. The van der Waals surface area contributed by atoms with Crippen LogP contribution in [0.25, 0.3) is 10.2 Å². The molecule has 0 unspecified atom stereocenters. The first-order valence-corrected chi connectivity index (χ1v) is 8.44. The van der Waals surface area contributed by atoms with Crippen molar-refractivity contribution in [2.75, 3.05) is 13.9 Å². The number of rotatable bonds is 3. The van der Waals surface area contributed by atoms with E-state index in [2.05, 4.69) is 9.98 Å². The van der Waals surface area contributed by atoms with Crippen molar-refractivity contribution in [1.82, 2.24) is 14.1 Å². The molecule has 1 aromatic carbocycles. The van der Waals surface area contributed by atoms with Gasteiger partial charge in [-0.2, -0.15) is 4.99 Å². The van der Waals surface area contributed by atoms with Crippen LogP contribution in [-0.4, -0.2) is 39.9 Å². The van der Waals surface area contributed by atoms with E-state index in [9.17, 15) is 9.59 Å². The second kappa shape index (κ2) is 6.30. The second-order valence-corrected chi connectivity index (χ2v) is 6.51. The van der Waals surface area contributed by atoms with Gasteiger partial charge in [0.25, 0.3) is 0 Å². The third-order valence-corrected chi connectivity index (χ3v) is 4.94. The number of nitrogens with zero attached hydrogens (tertiary/aromatic N) is 4. The molecule has 0 fully saturated rings. The van der Waals surface area contributed by atoms with E-state index in [1.807, 2.05) is 0 Å². The minimum Gasteiger partial charge on any atom is -0.468 e. The van der Waals surface area contributed by atoms with Crippen molar-refractivity contribution >= 4 is 33.4 Å². The predicted octanol–water partition coefficient (Wildman–Crippen LogP) is 1.08. The van der Waals surface area contributed by atoms with Crippen LogP contribution in [0.5, 0.6) is 11.5 Å². The molecule has 26 heavy (non-hydrogen) atoms. The van der Waals surface area contributed by atoms with Gasteiger partial charge in [0.1, 0.15) is 6.54 Å². The Labute approximate surface area is 151 Å². The molecule has 0 saturated heterocycles. The van der Waals surface area contributed by atoms with Crippen molar-refractivity contribution in [2.45, 2.75) is 6.54 Å². The van der Waals surface area contributed by atoms with Gasteiger partial charge < -0.3 is 23.3 Å². The van der Waals surface area contributed by atoms with Crippen LogP contribution < -0.4 is 14.3 Å². The van der Waals surface area contributed by atoms with E-state index in [0.29, 0.717) is 21.8 Å². The molecule has 1 amide bonds. The summed E-state index contributed by atoms with van der Waals surface area (Å²) < 4.78 is 19.6. The molecule has 3 aromatic rings. The third kappa shape index (κ3) is 2.73. The van der Waals surface area contributed by atoms with Crippen LogP contribution in [0.2, 0.25) is 0 Å². The molecule has 9 nitrogen and oxygen atoms in total. The quantitative estimate of drug-likeness (QED) is 0.637. The SMILES string of the molecule is COC(=O)Cn1c(=NC(=O)c2nccn2C)sc2cc3c(cc21)OCO3. The second-order valence-electron chi connectivity index (χ2n) is 5.50. The van der Waals surface area contributed by atoms with Crippen molar-refractivity contribution in [2.24, 2.45) is 12.0 Å². The summed E-state index contributed by atoms with van der Waals surface area (Å²) in [7, 11) is 3.02. The lowest BCUT2D eigenvalue weighted by molar-refractivity contribution is -0.141. The van der Waals surface area contributed by atoms with Crippen LogP contribution >= 0.6 is 11.3 Å². The van der Waals surface area contributed by atoms with E-state index in [4.69, 9.17) is 14.2 Å². The molecule has 2 aromatic heterocycles. The maximum Gasteiger partial charge on any atom is 0.325 e. The highest BCUT2D eigenvalue weighted by Gasteiger charge is 2.19. The first-order valence-electron chi connectivity index (χ1n) is 7.63. The number of aryl methyl sites for hydroxylation is 1.